The third-order valence-electron chi connectivity index (χ3n) is 4.58. The van der Waals surface area contributed by atoms with Crippen molar-refractivity contribution in [3.63, 3.8) is 0 Å². The minimum atomic E-state index is -0.919. The summed E-state index contributed by atoms with van der Waals surface area (Å²) in [6, 6.07) is 31.9. The van der Waals surface area contributed by atoms with Gasteiger partial charge in [0.15, 0.2) is 0 Å². The van der Waals surface area contributed by atoms with E-state index in [1.54, 1.807) is 0 Å². The van der Waals surface area contributed by atoms with Crippen LogP contribution in [0.1, 0.15) is 0 Å². The van der Waals surface area contributed by atoms with Crippen LogP contribution in [-0.4, -0.2) is 8.80 Å². The molecule has 4 rings (SSSR count). The van der Waals surface area contributed by atoms with Crippen LogP contribution in [0.15, 0.2) is 97.6 Å². The lowest BCUT2D eigenvalue weighted by Gasteiger charge is -2.18. The predicted octanol–water partition coefficient (Wildman–Crippen LogP) is 4.79. The van der Waals surface area contributed by atoms with E-state index in [-0.39, 0.29) is 0 Å². The normalized spacial score (nSPS) is 11.2. The highest BCUT2D eigenvalue weighted by Gasteiger charge is 2.19. The van der Waals surface area contributed by atoms with E-state index in [2.05, 4.69) is 97.6 Å². The SMILES string of the molecule is C=CC[Si](c1cccc2ccccc12)c1cccc2ccccc12. The van der Waals surface area contributed by atoms with Crippen LogP contribution in [-0.2, 0) is 0 Å². The van der Waals surface area contributed by atoms with Gasteiger partial charge in [0, 0.05) is 0 Å². The standard InChI is InChI=1S/C23H19Si/c1-2-17-24(22-15-7-11-18-9-3-5-13-20(18)22)23-16-8-12-19-10-4-6-14-21(19)23/h2-16H,1,17H2. The second kappa shape index (κ2) is 6.46. The fourth-order valence-electron chi connectivity index (χ4n) is 3.49. The number of benzene rings is 4. The zero-order valence-electron chi connectivity index (χ0n) is 13.6. The largest absolute Gasteiger partial charge is 0.126 e. The summed E-state index contributed by atoms with van der Waals surface area (Å²) in [4.78, 5) is 0. The summed E-state index contributed by atoms with van der Waals surface area (Å²) in [5, 5.41) is 8.36. The van der Waals surface area contributed by atoms with Gasteiger partial charge in [-0.2, -0.15) is 0 Å². The molecule has 0 saturated carbocycles. The maximum Gasteiger partial charge on any atom is 0.126 e. The van der Waals surface area contributed by atoms with Crippen LogP contribution in [0, 0.1) is 0 Å². The Labute approximate surface area is 144 Å². The summed E-state index contributed by atoms with van der Waals surface area (Å²) in [5.41, 5.74) is 0. The number of hydrogen-bond donors (Lipinski definition) is 0. The zero-order chi connectivity index (χ0) is 16.4. The fourth-order valence-corrected chi connectivity index (χ4v) is 6.21. The Morgan fingerprint density at radius 2 is 1.08 bits per heavy atom. The van der Waals surface area contributed by atoms with Gasteiger partial charge in [-0.25, -0.2) is 0 Å². The molecule has 115 valence electrons. The van der Waals surface area contributed by atoms with Gasteiger partial charge in [-0.3, -0.25) is 0 Å². The second-order valence-corrected chi connectivity index (χ2v) is 8.47. The van der Waals surface area contributed by atoms with Crippen molar-refractivity contribution >= 4 is 40.7 Å². The van der Waals surface area contributed by atoms with Gasteiger partial charge in [-0.05, 0) is 38.0 Å². The highest BCUT2D eigenvalue weighted by atomic mass is 28.3. The van der Waals surface area contributed by atoms with Gasteiger partial charge >= 0.3 is 0 Å². The van der Waals surface area contributed by atoms with Crippen molar-refractivity contribution in [2.75, 3.05) is 0 Å². The van der Waals surface area contributed by atoms with Crippen LogP contribution in [0.25, 0.3) is 21.5 Å². The lowest BCUT2D eigenvalue weighted by molar-refractivity contribution is 1.66. The molecule has 0 fully saturated rings. The van der Waals surface area contributed by atoms with Gasteiger partial charge in [0.2, 0.25) is 0 Å². The molecule has 4 aromatic carbocycles. The molecular weight excluding hydrogens is 304 g/mol. The Kier molecular flexibility index (Phi) is 4.02. The summed E-state index contributed by atoms with van der Waals surface area (Å²) in [6.45, 7) is 4.04. The molecule has 0 aromatic heterocycles. The molecular formula is C23H19Si. The van der Waals surface area contributed by atoms with Crippen molar-refractivity contribution in [1.29, 1.82) is 0 Å². The third kappa shape index (κ3) is 2.57. The monoisotopic (exact) mass is 323 g/mol. The highest BCUT2D eigenvalue weighted by molar-refractivity contribution is 6.88. The highest BCUT2D eigenvalue weighted by Crippen LogP contribution is 2.16. The molecule has 0 bridgehead atoms. The van der Waals surface area contributed by atoms with Gasteiger partial charge in [0.05, 0.1) is 0 Å². The quantitative estimate of drug-likeness (QED) is 0.374. The van der Waals surface area contributed by atoms with E-state index in [9.17, 15) is 0 Å². The summed E-state index contributed by atoms with van der Waals surface area (Å²) in [5.74, 6) is 0. The van der Waals surface area contributed by atoms with E-state index in [4.69, 9.17) is 0 Å². The van der Waals surface area contributed by atoms with E-state index in [0.717, 1.165) is 6.04 Å². The van der Waals surface area contributed by atoms with Crippen LogP contribution in [0.5, 0.6) is 0 Å². The maximum atomic E-state index is 4.04. The second-order valence-electron chi connectivity index (χ2n) is 6.02. The molecule has 0 spiro atoms. The first-order chi connectivity index (χ1) is 11.9. The molecule has 0 heterocycles. The zero-order valence-corrected chi connectivity index (χ0v) is 14.6. The third-order valence-corrected chi connectivity index (χ3v) is 7.45. The molecule has 0 aliphatic heterocycles. The van der Waals surface area contributed by atoms with Crippen molar-refractivity contribution in [3.8, 4) is 0 Å². The Hall–Kier alpha value is -2.64. The van der Waals surface area contributed by atoms with E-state index < -0.39 is 8.80 Å². The van der Waals surface area contributed by atoms with Crippen LogP contribution in [0.4, 0.5) is 0 Å². The van der Waals surface area contributed by atoms with Gasteiger partial charge in [-0.1, -0.05) is 91.0 Å². The predicted molar refractivity (Wildman–Crippen MR) is 108 cm³/mol. The Bertz CT molecular complexity index is 927. The van der Waals surface area contributed by atoms with Crippen LogP contribution >= 0.6 is 0 Å². The minimum absolute atomic E-state index is 0.919. The molecule has 4 aromatic rings. The molecule has 0 aliphatic carbocycles. The average molecular weight is 323 g/mol. The summed E-state index contributed by atoms with van der Waals surface area (Å²) >= 11 is 0. The van der Waals surface area contributed by atoms with Crippen molar-refractivity contribution < 1.29 is 0 Å². The Balaban J connectivity index is 1.98. The summed E-state index contributed by atoms with van der Waals surface area (Å²) in [7, 11) is -0.919. The fraction of sp³-hybridized carbons (Fsp3) is 0.0435. The van der Waals surface area contributed by atoms with E-state index in [1.165, 1.54) is 31.9 Å². The molecule has 0 N–H and O–H groups in total. The number of rotatable bonds is 4. The minimum Gasteiger partial charge on any atom is -0.103 e. The topological polar surface area (TPSA) is 0 Å². The van der Waals surface area contributed by atoms with Gasteiger partial charge < -0.3 is 0 Å². The number of allylic oxidation sites excluding steroid dienone is 1. The van der Waals surface area contributed by atoms with E-state index in [0.29, 0.717) is 0 Å². The van der Waals surface area contributed by atoms with Crippen molar-refractivity contribution in [3.05, 3.63) is 97.6 Å². The van der Waals surface area contributed by atoms with Gasteiger partial charge in [0.25, 0.3) is 0 Å². The van der Waals surface area contributed by atoms with Crippen LogP contribution < -0.4 is 10.4 Å². The van der Waals surface area contributed by atoms with Crippen molar-refractivity contribution in [2.45, 2.75) is 6.04 Å². The molecule has 0 unspecified atom stereocenters. The molecule has 0 amide bonds. The molecule has 1 heteroatoms. The maximum absolute atomic E-state index is 4.04. The molecule has 1 radical (unpaired) electrons. The Morgan fingerprint density at radius 1 is 0.625 bits per heavy atom. The average Bonchev–Trinajstić information content (AvgIpc) is 2.65. The Morgan fingerprint density at radius 3 is 1.58 bits per heavy atom. The first-order valence-electron chi connectivity index (χ1n) is 8.31. The van der Waals surface area contributed by atoms with Crippen LogP contribution in [0.2, 0.25) is 6.04 Å². The van der Waals surface area contributed by atoms with Gasteiger partial charge in [0.1, 0.15) is 8.80 Å². The van der Waals surface area contributed by atoms with E-state index in [1.807, 2.05) is 0 Å². The number of hydrogen-bond acceptors (Lipinski definition) is 0. The first kappa shape index (κ1) is 14.9. The van der Waals surface area contributed by atoms with Crippen molar-refractivity contribution in [2.24, 2.45) is 0 Å². The van der Waals surface area contributed by atoms with E-state index >= 15 is 0 Å². The smallest absolute Gasteiger partial charge is 0.103 e. The van der Waals surface area contributed by atoms with Crippen LogP contribution in [0.3, 0.4) is 0 Å². The first-order valence-corrected chi connectivity index (χ1v) is 10.0. The summed E-state index contributed by atoms with van der Waals surface area (Å²) < 4.78 is 0. The molecule has 0 nitrogen and oxygen atoms in total. The number of fused-ring (bicyclic) bond motifs is 2. The molecule has 24 heavy (non-hydrogen) atoms. The molecule has 0 aliphatic rings. The van der Waals surface area contributed by atoms with Gasteiger partial charge in [-0.15, -0.1) is 6.58 Å². The lowest BCUT2D eigenvalue weighted by atomic mass is 10.1. The molecule has 0 saturated heterocycles. The summed E-state index contributed by atoms with van der Waals surface area (Å²) in [6.07, 6.45) is 2.08. The molecule has 0 atom stereocenters. The van der Waals surface area contributed by atoms with Crippen molar-refractivity contribution in [1.82, 2.24) is 0 Å². The lowest BCUT2D eigenvalue weighted by Crippen LogP contribution is -2.42.